The molecule has 1 aliphatic carbocycles. The molecule has 3 heteroatoms. The second-order valence-corrected chi connectivity index (χ2v) is 5.70. The third-order valence-corrected chi connectivity index (χ3v) is 3.77. The fraction of sp³-hybridized carbons (Fsp3) is 0.312. The summed E-state index contributed by atoms with van der Waals surface area (Å²) >= 11 is 5.96. The molecule has 2 nitrogen and oxygen atoms in total. The van der Waals surface area contributed by atoms with Crippen LogP contribution in [0.4, 0.5) is 5.69 Å². The molecule has 0 saturated heterocycles. The molecule has 19 heavy (non-hydrogen) atoms. The quantitative estimate of drug-likeness (QED) is 0.879. The van der Waals surface area contributed by atoms with E-state index in [1.165, 1.54) is 24.0 Å². The Labute approximate surface area is 118 Å². The summed E-state index contributed by atoms with van der Waals surface area (Å²) in [6.45, 7) is 2.06. The Bertz CT molecular complexity index is 561. The minimum absolute atomic E-state index is 0.362. The van der Waals surface area contributed by atoms with Gasteiger partial charge in [0.1, 0.15) is 0 Å². The molecule has 1 heterocycles. The van der Waals surface area contributed by atoms with Gasteiger partial charge < -0.3 is 5.32 Å². The molecule has 2 aromatic rings. The number of nitrogens with zero attached hydrogens (tertiary/aromatic N) is 1. The summed E-state index contributed by atoms with van der Waals surface area (Å²) in [5.74, 6) is 0.724. The SMILES string of the molecule is Cc1cncc(NC(c2ccc(Cl)cc2)C2CC2)c1. The normalized spacial score (nSPS) is 16.1. The molecule has 0 amide bonds. The lowest BCUT2D eigenvalue weighted by molar-refractivity contribution is 0.678. The molecule has 0 radical (unpaired) electrons. The van der Waals surface area contributed by atoms with Crippen molar-refractivity contribution in [2.45, 2.75) is 25.8 Å². The van der Waals surface area contributed by atoms with Gasteiger partial charge in [-0.2, -0.15) is 0 Å². The van der Waals surface area contributed by atoms with Gasteiger partial charge >= 0.3 is 0 Å². The standard InChI is InChI=1S/C16H17ClN2/c1-11-8-15(10-18-9-11)19-16(12-2-3-12)13-4-6-14(17)7-5-13/h4-10,12,16,19H,2-3H2,1H3. The van der Waals surface area contributed by atoms with E-state index in [-0.39, 0.29) is 0 Å². The Morgan fingerprint density at radius 1 is 1.21 bits per heavy atom. The largest absolute Gasteiger partial charge is 0.377 e. The highest BCUT2D eigenvalue weighted by molar-refractivity contribution is 6.30. The number of nitrogens with one attached hydrogen (secondary N) is 1. The molecule has 1 aromatic carbocycles. The van der Waals surface area contributed by atoms with Crippen molar-refractivity contribution in [1.29, 1.82) is 0 Å². The molecule has 1 N–H and O–H groups in total. The zero-order chi connectivity index (χ0) is 13.2. The number of anilines is 1. The summed E-state index contributed by atoms with van der Waals surface area (Å²) in [5.41, 5.74) is 3.57. The molecule has 3 rings (SSSR count). The number of aromatic nitrogens is 1. The van der Waals surface area contributed by atoms with Crippen LogP contribution >= 0.6 is 11.6 Å². The van der Waals surface area contributed by atoms with Crippen LogP contribution in [0, 0.1) is 12.8 Å². The first-order valence-corrected chi connectivity index (χ1v) is 7.04. The molecule has 0 spiro atoms. The second kappa shape index (κ2) is 5.22. The van der Waals surface area contributed by atoms with Gasteiger partial charge in [-0.1, -0.05) is 23.7 Å². The molecule has 1 fully saturated rings. The minimum Gasteiger partial charge on any atom is -0.377 e. The van der Waals surface area contributed by atoms with Gasteiger partial charge in [0.15, 0.2) is 0 Å². The Hall–Kier alpha value is -1.54. The Morgan fingerprint density at radius 2 is 1.95 bits per heavy atom. The Balaban J connectivity index is 1.83. The Morgan fingerprint density at radius 3 is 2.58 bits per heavy atom. The zero-order valence-electron chi connectivity index (χ0n) is 10.9. The van der Waals surface area contributed by atoms with Crippen LogP contribution in [0.15, 0.2) is 42.7 Å². The van der Waals surface area contributed by atoms with Crippen molar-refractivity contribution in [2.75, 3.05) is 5.32 Å². The fourth-order valence-corrected chi connectivity index (χ4v) is 2.51. The van der Waals surface area contributed by atoms with Crippen LogP contribution in [0.3, 0.4) is 0 Å². The van der Waals surface area contributed by atoms with Crippen molar-refractivity contribution in [3.8, 4) is 0 Å². The lowest BCUT2D eigenvalue weighted by atomic mass is 10.0. The fourth-order valence-electron chi connectivity index (χ4n) is 2.39. The van der Waals surface area contributed by atoms with Crippen LogP contribution in [0.5, 0.6) is 0 Å². The van der Waals surface area contributed by atoms with E-state index < -0.39 is 0 Å². The molecular formula is C16H17ClN2. The van der Waals surface area contributed by atoms with Crippen molar-refractivity contribution in [3.05, 3.63) is 58.9 Å². The number of pyridine rings is 1. The molecular weight excluding hydrogens is 256 g/mol. The summed E-state index contributed by atoms with van der Waals surface area (Å²) in [7, 11) is 0. The van der Waals surface area contributed by atoms with Crippen LogP contribution < -0.4 is 5.32 Å². The predicted octanol–water partition coefficient (Wildman–Crippen LogP) is 4.61. The summed E-state index contributed by atoms with van der Waals surface area (Å²) in [6, 6.07) is 10.6. The van der Waals surface area contributed by atoms with E-state index >= 15 is 0 Å². The monoisotopic (exact) mass is 272 g/mol. The van der Waals surface area contributed by atoms with E-state index in [1.54, 1.807) is 0 Å². The third-order valence-electron chi connectivity index (χ3n) is 3.52. The second-order valence-electron chi connectivity index (χ2n) is 5.26. The number of hydrogen-bond donors (Lipinski definition) is 1. The first kappa shape index (κ1) is 12.5. The number of halogens is 1. The van der Waals surface area contributed by atoms with E-state index in [0.717, 1.165) is 16.6 Å². The van der Waals surface area contributed by atoms with Crippen molar-refractivity contribution in [2.24, 2.45) is 5.92 Å². The topological polar surface area (TPSA) is 24.9 Å². The van der Waals surface area contributed by atoms with Crippen LogP contribution in [0.2, 0.25) is 5.02 Å². The molecule has 1 atom stereocenters. The maximum absolute atomic E-state index is 5.96. The van der Waals surface area contributed by atoms with E-state index in [2.05, 4.69) is 35.4 Å². The number of hydrogen-bond acceptors (Lipinski definition) is 2. The smallest absolute Gasteiger partial charge is 0.0542 e. The van der Waals surface area contributed by atoms with Crippen molar-refractivity contribution < 1.29 is 0 Å². The van der Waals surface area contributed by atoms with Gasteiger partial charge in [0, 0.05) is 17.4 Å². The van der Waals surface area contributed by atoms with Gasteiger partial charge in [-0.25, -0.2) is 0 Å². The van der Waals surface area contributed by atoms with Gasteiger partial charge in [-0.15, -0.1) is 0 Å². The lowest BCUT2D eigenvalue weighted by Crippen LogP contribution is -2.13. The first-order valence-electron chi connectivity index (χ1n) is 6.66. The zero-order valence-corrected chi connectivity index (χ0v) is 11.7. The average Bonchev–Trinajstić information content (AvgIpc) is 3.22. The van der Waals surface area contributed by atoms with Crippen molar-refractivity contribution in [1.82, 2.24) is 4.98 Å². The summed E-state index contributed by atoms with van der Waals surface area (Å²) < 4.78 is 0. The highest BCUT2D eigenvalue weighted by Gasteiger charge is 2.32. The highest BCUT2D eigenvalue weighted by atomic mass is 35.5. The van der Waals surface area contributed by atoms with E-state index in [4.69, 9.17) is 11.6 Å². The molecule has 0 aliphatic heterocycles. The van der Waals surface area contributed by atoms with Gasteiger partial charge in [-0.3, -0.25) is 4.98 Å². The minimum atomic E-state index is 0.362. The Kier molecular flexibility index (Phi) is 3.43. The number of benzene rings is 1. The van der Waals surface area contributed by atoms with Crippen LogP contribution in [0.25, 0.3) is 0 Å². The summed E-state index contributed by atoms with van der Waals surface area (Å²) in [6.07, 6.45) is 6.34. The molecule has 1 aromatic heterocycles. The van der Waals surface area contributed by atoms with Gasteiger partial charge in [-0.05, 0) is 55.0 Å². The molecule has 98 valence electrons. The van der Waals surface area contributed by atoms with E-state index in [1.807, 2.05) is 24.5 Å². The van der Waals surface area contributed by atoms with Crippen LogP contribution in [0.1, 0.15) is 30.0 Å². The molecule has 1 unspecified atom stereocenters. The van der Waals surface area contributed by atoms with Gasteiger partial charge in [0.25, 0.3) is 0 Å². The van der Waals surface area contributed by atoms with Gasteiger partial charge in [0.05, 0.1) is 11.7 Å². The average molecular weight is 273 g/mol. The highest BCUT2D eigenvalue weighted by Crippen LogP contribution is 2.43. The lowest BCUT2D eigenvalue weighted by Gasteiger charge is -2.20. The molecule has 1 saturated carbocycles. The predicted molar refractivity (Wildman–Crippen MR) is 79.5 cm³/mol. The van der Waals surface area contributed by atoms with Crippen molar-refractivity contribution >= 4 is 17.3 Å². The summed E-state index contributed by atoms with van der Waals surface area (Å²) in [4.78, 5) is 4.24. The summed E-state index contributed by atoms with van der Waals surface area (Å²) in [5, 5.41) is 4.40. The van der Waals surface area contributed by atoms with Crippen molar-refractivity contribution in [3.63, 3.8) is 0 Å². The van der Waals surface area contributed by atoms with Gasteiger partial charge in [0.2, 0.25) is 0 Å². The molecule has 0 bridgehead atoms. The maximum Gasteiger partial charge on any atom is 0.0542 e. The van der Waals surface area contributed by atoms with E-state index in [0.29, 0.717) is 6.04 Å². The van der Waals surface area contributed by atoms with E-state index in [9.17, 15) is 0 Å². The molecule has 1 aliphatic rings. The van der Waals surface area contributed by atoms with Crippen LogP contribution in [-0.2, 0) is 0 Å². The number of aryl methyl sites for hydroxylation is 1. The number of rotatable bonds is 4. The van der Waals surface area contributed by atoms with Crippen LogP contribution in [-0.4, -0.2) is 4.98 Å². The third kappa shape index (κ3) is 3.07. The maximum atomic E-state index is 5.96. The first-order chi connectivity index (χ1) is 9.22.